The highest BCUT2D eigenvalue weighted by molar-refractivity contribution is 6.76. The number of aryl methyl sites for hydroxylation is 1. The molecule has 0 saturated heterocycles. The molecule has 4 heteroatoms. The monoisotopic (exact) mass is 400 g/mol. The molecule has 4 atom stereocenters. The van der Waals surface area contributed by atoms with Gasteiger partial charge in [0.1, 0.15) is 5.75 Å². The van der Waals surface area contributed by atoms with Crippen LogP contribution in [0.25, 0.3) is 5.57 Å². The highest BCUT2D eigenvalue weighted by Crippen LogP contribution is 2.63. The van der Waals surface area contributed by atoms with Crippen molar-refractivity contribution in [2.45, 2.75) is 82.8 Å². The molecule has 0 amide bonds. The zero-order valence-corrected chi connectivity index (χ0v) is 19.1. The molecule has 0 aliphatic heterocycles. The average Bonchev–Trinajstić information content (AvgIpc) is 2.95. The number of rotatable bonds is 4. The molecule has 4 rings (SSSR count). The van der Waals surface area contributed by atoms with Gasteiger partial charge in [-0.15, -0.1) is 0 Å². The van der Waals surface area contributed by atoms with Gasteiger partial charge in [-0.05, 0) is 79.3 Å². The van der Waals surface area contributed by atoms with Gasteiger partial charge in [-0.2, -0.15) is 0 Å². The van der Waals surface area contributed by atoms with Crippen molar-refractivity contribution in [3.63, 3.8) is 0 Å². The Morgan fingerprint density at radius 2 is 1.93 bits per heavy atom. The number of aliphatic hydroxyl groups is 2. The predicted octanol–water partition coefficient (Wildman–Crippen LogP) is 5.04. The van der Waals surface area contributed by atoms with Crippen LogP contribution in [0.5, 0.6) is 5.75 Å². The fourth-order valence-electron chi connectivity index (χ4n) is 6.78. The first-order valence-electron chi connectivity index (χ1n) is 10.9. The summed E-state index contributed by atoms with van der Waals surface area (Å²) in [6.45, 7) is 9.25. The van der Waals surface area contributed by atoms with Crippen LogP contribution in [-0.4, -0.2) is 37.1 Å². The lowest BCUT2D eigenvalue weighted by atomic mass is 9.56. The van der Waals surface area contributed by atoms with E-state index in [2.05, 4.69) is 38.7 Å². The number of benzene rings is 1. The summed E-state index contributed by atoms with van der Waals surface area (Å²) in [7, 11) is 0.181. The van der Waals surface area contributed by atoms with Crippen LogP contribution in [0, 0.1) is 11.3 Å². The second-order valence-electron chi connectivity index (χ2n) is 10.6. The van der Waals surface area contributed by atoms with Crippen molar-refractivity contribution in [1.29, 1.82) is 0 Å². The Morgan fingerprint density at radius 1 is 1.18 bits per heavy atom. The largest absolute Gasteiger partial charge is 0.497 e. The summed E-state index contributed by atoms with van der Waals surface area (Å²) >= 11 is 0. The maximum Gasteiger partial charge on any atom is 0.119 e. The summed E-state index contributed by atoms with van der Waals surface area (Å²) in [6, 6.07) is 7.21. The number of allylic oxidation sites excluding steroid dienone is 1. The molecule has 0 aromatic heterocycles. The predicted molar refractivity (Wildman–Crippen MR) is 117 cm³/mol. The van der Waals surface area contributed by atoms with E-state index in [1.165, 1.54) is 22.3 Å². The molecule has 3 aliphatic carbocycles. The Labute approximate surface area is 170 Å². The quantitative estimate of drug-likeness (QED) is 0.697. The van der Waals surface area contributed by atoms with E-state index in [1.54, 1.807) is 7.11 Å². The van der Waals surface area contributed by atoms with E-state index in [1.807, 2.05) is 6.07 Å². The van der Waals surface area contributed by atoms with Gasteiger partial charge in [0, 0.05) is 13.5 Å². The van der Waals surface area contributed by atoms with Gasteiger partial charge in [0.15, 0.2) is 0 Å². The fourth-order valence-corrected chi connectivity index (χ4v) is 8.83. The summed E-state index contributed by atoms with van der Waals surface area (Å²) in [4.78, 5) is 0. The maximum atomic E-state index is 12.3. The van der Waals surface area contributed by atoms with Crippen LogP contribution in [0.3, 0.4) is 0 Å². The first-order chi connectivity index (χ1) is 13.1. The van der Waals surface area contributed by atoms with Crippen LogP contribution in [0.4, 0.5) is 0 Å². The van der Waals surface area contributed by atoms with Gasteiger partial charge in [-0.3, -0.25) is 0 Å². The molecule has 3 nitrogen and oxygen atoms in total. The molecule has 0 radical (unpaired) electrons. The molecule has 0 heterocycles. The zero-order valence-electron chi connectivity index (χ0n) is 18.1. The van der Waals surface area contributed by atoms with E-state index < -0.39 is 13.7 Å². The average molecular weight is 401 g/mol. The van der Waals surface area contributed by atoms with Crippen molar-refractivity contribution >= 4 is 13.6 Å². The third kappa shape index (κ3) is 3.00. The van der Waals surface area contributed by atoms with Crippen molar-refractivity contribution < 1.29 is 14.9 Å². The molecule has 3 aliphatic rings. The second kappa shape index (κ2) is 6.71. The molecule has 1 fully saturated rings. The van der Waals surface area contributed by atoms with Gasteiger partial charge >= 0.3 is 0 Å². The minimum Gasteiger partial charge on any atom is -0.497 e. The van der Waals surface area contributed by atoms with Gasteiger partial charge in [0.05, 0.1) is 18.8 Å². The van der Waals surface area contributed by atoms with E-state index >= 15 is 0 Å². The lowest BCUT2D eigenvalue weighted by molar-refractivity contribution is -0.0406. The van der Waals surface area contributed by atoms with E-state index in [0.29, 0.717) is 12.3 Å². The van der Waals surface area contributed by atoms with Gasteiger partial charge in [0.25, 0.3) is 0 Å². The molecule has 28 heavy (non-hydrogen) atoms. The number of methoxy groups -OCH3 is 1. The number of ether oxygens (including phenoxy) is 1. The van der Waals surface area contributed by atoms with Crippen LogP contribution in [0.2, 0.25) is 25.7 Å². The van der Waals surface area contributed by atoms with E-state index in [9.17, 15) is 10.2 Å². The summed E-state index contributed by atoms with van der Waals surface area (Å²) in [5.41, 5.74) is 4.20. The SMILES string of the molecule is CC[C@]12C[C@@](O)(C[Si](C)(C)C)C3=C(CCc4cc(OC)ccc43)[C@@H]1CC[C@@H]2O. The first kappa shape index (κ1) is 20.2. The molecule has 0 unspecified atom stereocenters. The minimum atomic E-state index is -1.53. The lowest BCUT2D eigenvalue weighted by Gasteiger charge is -2.53. The standard InChI is InChI=1S/C24H36O3Si/c1-6-23-14-24(26,15-28(3,4)5)22-18-10-8-17(27-2)13-16(18)7-9-19(22)20(23)11-12-21(23)25/h8,10,13,20-21,25-26H,6-7,9,11-12,14-15H2,1-5H3/t20-,21-,23-,24+/m0/s1. The maximum absolute atomic E-state index is 12.3. The highest BCUT2D eigenvalue weighted by atomic mass is 28.3. The van der Waals surface area contributed by atoms with Gasteiger partial charge in [-0.1, -0.05) is 38.2 Å². The Morgan fingerprint density at radius 3 is 2.57 bits per heavy atom. The van der Waals surface area contributed by atoms with Crippen molar-refractivity contribution in [2.24, 2.45) is 11.3 Å². The number of aliphatic hydroxyl groups excluding tert-OH is 1. The highest BCUT2D eigenvalue weighted by Gasteiger charge is 2.59. The molecule has 1 aromatic rings. The Bertz CT molecular complexity index is 809. The van der Waals surface area contributed by atoms with E-state index in [-0.39, 0.29) is 11.5 Å². The molecule has 1 saturated carbocycles. The van der Waals surface area contributed by atoms with Gasteiger partial charge < -0.3 is 14.9 Å². The fraction of sp³-hybridized carbons (Fsp3) is 0.667. The third-order valence-electron chi connectivity index (χ3n) is 7.64. The number of hydrogen-bond donors (Lipinski definition) is 2. The first-order valence-corrected chi connectivity index (χ1v) is 14.7. The van der Waals surface area contributed by atoms with Crippen LogP contribution < -0.4 is 4.74 Å². The molecule has 1 aromatic carbocycles. The van der Waals surface area contributed by atoms with Crippen LogP contribution >= 0.6 is 0 Å². The molecule has 154 valence electrons. The van der Waals surface area contributed by atoms with Crippen molar-refractivity contribution in [1.82, 2.24) is 0 Å². The van der Waals surface area contributed by atoms with Crippen LogP contribution in [0.1, 0.15) is 50.2 Å². The van der Waals surface area contributed by atoms with Crippen molar-refractivity contribution in [3.05, 3.63) is 34.9 Å². The van der Waals surface area contributed by atoms with Crippen LogP contribution in [-0.2, 0) is 6.42 Å². The Kier molecular flexibility index (Phi) is 4.84. The summed E-state index contributed by atoms with van der Waals surface area (Å²) in [5.74, 6) is 1.31. The zero-order chi connectivity index (χ0) is 20.3. The minimum absolute atomic E-state index is 0.156. The number of fused-ring (bicyclic) bond motifs is 4. The van der Waals surface area contributed by atoms with Crippen molar-refractivity contribution in [2.75, 3.05) is 7.11 Å². The summed E-state index contributed by atoms with van der Waals surface area (Å²) < 4.78 is 5.46. The molecular formula is C24H36O3Si. The Hall–Kier alpha value is -1.10. The van der Waals surface area contributed by atoms with Gasteiger partial charge in [-0.25, -0.2) is 0 Å². The molecule has 0 spiro atoms. The van der Waals surface area contributed by atoms with Gasteiger partial charge in [0.2, 0.25) is 0 Å². The molecule has 2 N–H and O–H groups in total. The van der Waals surface area contributed by atoms with E-state index in [0.717, 1.165) is 43.9 Å². The molecule has 0 bridgehead atoms. The Balaban J connectivity index is 1.93. The number of hydrogen-bond acceptors (Lipinski definition) is 3. The summed E-state index contributed by atoms with van der Waals surface area (Å²) in [6.07, 6.45) is 5.29. The van der Waals surface area contributed by atoms with Crippen LogP contribution in [0.15, 0.2) is 23.8 Å². The smallest absolute Gasteiger partial charge is 0.119 e. The second-order valence-corrected chi connectivity index (χ2v) is 16.1. The topological polar surface area (TPSA) is 49.7 Å². The lowest BCUT2D eigenvalue weighted by Crippen LogP contribution is -2.52. The molecular weight excluding hydrogens is 364 g/mol. The van der Waals surface area contributed by atoms with Crippen molar-refractivity contribution in [3.8, 4) is 5.75 Å². The van der Waals surface area contributed by atoms with E-state index in [4.69, 9.17) is 4.74 Å². The normalized spacial score (nSPS) is 34.7. The third-order valence-corrected chi connectivity index (χ3v) is 9.29. The summed E-state index contributed by atoms with van der Waals surface area (Å²) in [5, 5.41) is 23.3.